The first-order valence-electron chi connectivity index (χ1n) is 7.85. The van der Waals surface area contributed by atoms with Crippen LogP contribution in [0.3, 0.4) is 0 Å². The molecule has 6 heteroatoms. The van der Waals surface area contributed by atoms with Crippen molar-refractivity contribution in [2.24, 2.45) is 10.8 Å². The van der Waals surface area contributed by atoms with Crippen LogP contribution < -0.4 is 21.9 Å². The molecule has 2 saturated carbocycles. The van der Waals surface area contributed by atoms with Gasteiger partial charge >= 0.3 is 0 Å². The van der Waals surface area contributed by atoms with Crippen LogP contribution in [0.25, 0.3) is 0 Å². The molecule has 0 aromatic carbocycles. The van der Waals surface area contributed by atoms with Crippen molar-refractivity contribution in [2.45, 2.75) is 69.9 Å². The lowest BCUT2D eigenvalue weighted by Gasteiger charge is -2.24. The largest absolute Gasteiger partial charge is 0.353 e. The Morgan fingerprint density at radius 3 is 2.40 bits per heavy atom. The zero-order valence-electron chi connectivity index (χ0n) is 12.2. The lowest BCUT2D eigenvalue weighted by Crippen LogP contribution is -2.47. The minimum Gasteiger partial charge on any atom is -0.353 e. The monoisotopic (exact) mass is 281 g/mol. The molecular weight excluding hydrogens is 254 g/mol. The third-order valence-electron chi connectivity index (χ3n) is 3.86. The molecule has 0 aromatic heterocycles. The number of hydrogen-bond acceptors (Lipinski definition) is 3. The number of carbonyl (C=O) groups is 1. The molecule has 1 amide bonds. The zero-order valence-corrected chi connectivity index (χ0v) is 12.2. The number of rotatable bonds is 6. The van der Waals surface area contributed by atoms with Crippen molar-refractivity contribution in [1.82, 2.24) is 16.1 Å². The highest BCUT2D eigenvalue weighted by atomic mass is 16.1. The third kappa shape index (κ3) is 5.77. The molecule has 2 aliphatic rings. The van der Waals surface area contributed by atoms with E-state index < -0.39 is 0 Å². The van der Waals surface area contributed by atoms with E-state index in [4.69, 9.17) is 5.84 Å². The van der Waals surface area contributed by atoms with Gasteiger partial charge in [0.15, 0.2) is 0 Å². The Labute approximate surface area is 120 Å². The summed E-state index contributed by atoms with van der Waals surface area (Å²) in [4.78, 5) is 15.9. The number of nitrogens with two attached hydrogens (primary N) is 1. The molecule has 2 fully saturated rings. The van der Waals surface area contributed by atoms with E-state index in [-0.39, 0.29) is 5.91 Å². The topological polar surface area (TPSA) is 91.5 Å². The van der Waals surface area contributed by atoms with Crippen LogP contribution in [0.2, 0.25) is 0 Å². The van der Waals surface area contributed by atoms with Crippen LogP contribution in [0.1, 0.15) is 57.8 Å². The van der Waals surface area contributed by atoms with Crippen molar-refractivity contribution in [3.8, 4) is 0 Å². The van der Waals surface area contributed by atoms with E-state index in [1.54, 1.807) is 0 Å². The Balaban J connectivity index is 1.60. The average Bonchev–Trinajstić information content (AvgIpc) is 3.27. The molecule has 0 heterocycles. The summed E-state index contributed by atoms with van der Waals surface area (Å²) in [6.45, 7) is 0.622. The highest BCUT2D eigenvalue weighted by molar-refractivity contribution is 5.79. The van der Waals surface area contributed by atoms with E-state index in [2.05, 4.69) is 21.1 Å². The Kier molecular flexibility index (Phi) is 6.11. The van der Waals surface area contributed by atoms with Gasteiger partial charge < -0.3 is 10.6 Å². The van der Waals surface area contributed by atoms with Gasteiger partial charge in [-0.3, -0.25) is 15.2 Å². The Morgan fingerprint density at radius 1 is 1.05 bits per heavy atom. The molecule has 5 N–H and O–H groups in total. The Morgan fingerprint density at radius 2 is 1.75 bits per heavy atom. The maximum absolute atomic E-state index is 11.5. The van der Waals surface area contributed by atoms with Crippen LogP contribution in [-0.2, 0) is 4.79 Å². The highest BCUT2D eigenvalue weighted by Crippen LogP contribution is 2.18. The van der Waals surface area contributed by atoms with Crippen LogP contribution in [0.4, 0.5) is 0 Å². The molecule has 0 atom stereocenters. The first kappa shape index (κ1) is 15.1. The summed E-state index contributed by atoms with van der Waals surface area (Å²) in [7, 11) is 0. The summed E-state index contributed by atoms with van der Waals surface area (Å²) in [5, 5.41) is 6.33. The Bertz CT molecular complexity index is 334. The standard InChI is InChI=1S/C14H27N5O/c15-19-14(18-11-5-2-1-3-6-11)16-10-4-7-13(20)17-12-8-9-12/h11-12H,1-10,15H2,(H,17,20)(H2,16,18,19). The summed E-state index contributed by atoms with van der Waals surface area (Å²) in [5.74, 6) is 6.28. The molecule has 0 radical (unpaired) electrons. The molecule has 0 unspecified atom stereocenters. The van der Waals surface area contributed by atoms with Crippen LogP contribution in [0, 0.1) is 0 Å². The maximum atomic E-state index is 11.5. The third-order valence-corrected chi connectivity index (χ3v) is 3.86. The molecule has 0 aliphatic heterocycles. The number of carbonyl (C=O) groups excluding carboxylic acids is 1. The normalized spacial score (nSPS) is 20.6. The van der Waals surface area contributed by atoms with Gasteiger partial charge in [-0.15, -0.1) is 0 Å². The molecule has 114 valence electrons. The smallest absolute Gasteiger partial charge is 0.220 e. The van der Waals surface area contributed by atoms with Gasteiger partial charge in [0.1, 0.15) is 0 Å². The fourth-order valence-electron chi connectivity index (χ4n) is 2.53. The van der Waals surface area contributed by atoms with Crippen LogP contribution in [0.5, 0.6) is 0 Å². The van der Waals surface area contributed by atoms with Gasteiger partial charge in [-0.2, -0.15) is 0 Å². The number of aliphatic imine (C=N–C) groups is 1. The van der Waals surface area contributed by atoms with E-state index in [0.717, 1.165) is 19.3 Å². The predicted octanol–water partition coefficient (Wildman–Crippen LogP) is 0.787. The van der Waals surface area contributed by atoms with E-state index in [1.807, 2.05) is 0 Å². The molecule has 2 rings (SSSR count). The van der Waals surface area contributed by atoms with Crippen molar-refractivity contribution >= 4 is 11.9 Å². The number of hydrogen-bond donors (Lipinski definition) is 4. The predicted molar refractivity (Wildman–Crippen MR) is 80.0 cm³/mol. The molecule has 20 heavy (non-hydrogen) atoms. The number of nitrogens with zero attached hydrogens (tertiary/aromatic N) is 1. The number of guanidine groups is 1. The van der Waals surface area contributed by atoms with Crippen molar-refractivity contribution in [1.29, 1.82) is 0 Å². The minimum absolute atomic E-state index is 0.144. The van der Waals surface area contributed by atoms with Gasteiger partial charge in [0.2, 0.25) is 11.9 Å². The van der Waals surface area contributed by atoms with Gasteiger partial charge in [-0.05, 0) is 32.1 Å². The van der Waals surface area contributed by atoms with Gasteiger partial charge in [-0.25, -0.2) is 5.84 Å². The van der Waals surface area contributed by atoms with Crippen molar-refractivity contribution in [3.63, 3.8) is 0 Å². The van der Waals surface area contributed by atoms with Crippen LogP contribution >= 0.6 is 0 Å². The van der Waals surface area contributed by atoms with E-state index in [0.29, 0.717) is 31.0 Å². The fraction of sp³-hybridized carbons (Fsp3) is 0.857. The summed E-state index contributed by atoms with van der Waals surface area (Å²) >= 11 is 0. The fourth-order valence-corrected chi connectivity index (χ4v) is 2.53. The van der Waals surface area contributed by atoms with E-state index in [9.17, 15) is 4.79 Å². The summed E-state index contributed by atoms with van der Waals surface area (Å²) in [5.41, 5.74) is 2.62. The SMILES string of the molecule is NNC(=NCCCC(=O)NC1CC1)NC1CCCCC1. The molecule has 0 aromatic rings. The average molecular weight is 281 g/mol. The summed E-state index contributed by atoms with van der Waals surface area (Å²) in [6, 6.07) is 0.928. The van der Waals surface area contributed by atoms with Gasteiger partial charge in [-0.1, -0.05) is 19.3 Å². The van der Waals surface area contributed by atoms with Gasteiger partial charge in [0.05, 0.1) is 0 Å². The molecule has 2 aliphatic carbocycles. The lowest BCUT2D eigenvalue weighted by atomic mass is 9.96. The second kappa shape index (κ2) is 8.09. The number of amides is 1. The summed E-state index contributed by atoms with van der Waals surface area (Å²) in [6.07, 6.45) is 9.82. The van der Waals surface area contributed by atoms with Gasteiger partial charge in [0, 0.05) is 25.0 Å². The van der Waals surface area contributed by atoms with Crippen LogP contribution in [-0.4, -0.2) is 30.5 Å². The highest BCUT2D eigenvalue weighted by Gasteiger charge is 2.22. The molecule has 0 saturated heterocycles. The first-order valence-corrected chi connectivity index (χ1v) is 7.85. The molecule has 0 spiro atoms. The molecule has 6 nitrogen and oxygen atoms in total. The maximum Gasteiger partial charge on any atom is 0.220 e. The number of nitrogens with one attached hydrogen (secondary N) is 3. The first-order chi connectivity index (χ1) is 9.78. The molecule has 0 bridgehead atoms. The summed E-state index contributed by atoms with van der Waals surface area (Å²) < 4.78 is 0. The van der Waals surface area contributed by atoms with Crippen molar-refractivity contribution in [3.05, 3.63) is 0 Å². The molecular formula is C14H27N5O. The van der Waals surface area contributed by atoms with Crippen molar-refractivity contribution in [2.75, 3.05) is 6.54 Å². The zero-order chi connectivity index (χ0) is 14.2. The Hall–Kier alpha value is -1.30. The van der Waals surface area contributed by atoms with Gasteiger partial charge in [0.25, 0.3) is 0 Å². The minimum atomic E-state index is 0.144. The van der Waals surface area contributed by atoms with E-state index >= 15 is 0 Å². The second-order valence-corrected chi connectivity index (χ2v) is 5.80. The second-order valence-electron chi connectivity index (χ2n) is 5.80. The van der Waals surface area contributed by atoms with Crippen molar-refractivity contribution < 1.29 is 4.79 Å². The number of hydrazine groups is 1. The van der Waals surface area contributed by atoms with Crippen LogP contribution in [0.15, 0.2) is 4.99 Å². The van der Waals surface area contributed by atoms with E-state index in [1.165, 1.54) is 32.1 Å². The lowest BCUT2D eigenvalue weighted by molar-refractivity contribution is -0.121. The quantitative estimate of drug-likeness (QED) is 0.190.